The molecule has 2 N–H and O–H groups in total. The van der Waals surface area contributed by atoms with Gasteiger partial charge in [0.05, 0.1) is 24.0 Å². The molecule has 1 aromatic heterocycles. The van der Waals surface area contributed by atoms with Crippen molar-refractivity contribution >= 4 is 17.4 Å². The predicted octanol–water partition coefficient (Wildman–Crippen LogP) is 3.65. The van der Waals surface area contributed by atoms with Crippen molar-refractivity contribution < 1.29 is 4.79 Å². The number of anilines is 2. The molecule has 134 valence electrons. The fourth-order valence-electron chi connectivity index (χ4n) is 2.51. The molecule has 2 aromatic carbocycles. The lowest BCUT2D eigenvalue weighted by molar-refractivity contribution is 0.102. The van der Waals surface area contributed by atoms with Gasteiger partial charge in [0.2, 0.25) is 0 Å². The monoisotopic (exact) mass is 357 g/mol. The van der Waals surface area contributed by atoms with Crippen LogP contribution < -0.4 is 10.6 Å². The molecule has 0 spiro atoms. The topological polar surface area (TPSA) is 90.7 Å². The van der Waals surface area contributed by atoms with Crippen LogP contribution in [-0.2, 0) is 6.42 Å². The molecule has 6 nitrogen and oxygen atoms in total. The second-order valence-electron chi connectivity index (χ2n) is 5.95. The zero-order chi connectivity index (χ0) is 18.9. The molecule has 0 radical (unpaired) electrons. The third-order valence-corrected chi connectivity index (χ3v) is 3.95. The molecule has 0 fully saturated rings. The first-order valence-electron chi connectivity index (χ1n) is 8.66. The number of carbonyl (C=O) groups is 1. The van der Waals surface area contributed by atoms with Gasteiger partial charge in [-0.2, -0.15) is 5.26 Å². The Bertz CT molecular complexity index is 916. The Morgan fingerprint density at radius 2 is 1.78 bits per heavy atom. The van der Waals surface area contributed by atoms with Gasteiger partial charge in [-0.15, -0.1) is 0 Å². The number of hydrogen-bond acceptors (Lipinski definition) is 5. The molecule has 27 heavy (non-hydrogen) atoms. The summed E-state index contributed by atoms with van der Waals surface area (Å²) in [5.74, 6) is 0.292. The van der Waals surface area contributed by atoms with Crippen LogP contribution in [0.3, 0.4) is 0 Å². The molecule has 0 aliphatic carbocycles. The van der Waals surface area contributed by atoms with Gasteiger partial charge < -0.3 is 10.6 Å². The standard InChI is InChI=1S/C21H19N5O/c22-13-17-8-10-18(11-9-17)26-21(27)19-14-25-20(15-24-19)23-12-4-7-16-5-2-1-3-6-16/h1-3,5-6,8-11,14-15H,4,7,12H2,(H,23,25)(H,26,27). The summed E-state index contributed by atoms with van der Waals surface area (Å²) in [6.07, 6.45) is 4.97. The highest BCUT2D eigenvalue weighted by Gasteiger charge is 2.08. The van der Waals surface area contributed by atoms with Gasteiger partial charge in [-0.3, -0.25) is 4.79 Å². The maximum atomic E-state index is 12.2. The molecule has 0 bridgehead atoms. The number of amides is 1. The van der Waals surface area contributed by atoms with Crippen LogP contribution in [-0.4, -0.2) is 22.4 Å². The number of aryl methyl sites for hydroxylation is 1. The molecule has 0 saturated heterocycles. The van der Waals surface area contributed by atoms with Crippen molar-refractivity contribution in [2.45, 2.75) is 12.8 Å². The van der Waals surface area contributed by atoms with Crippen LogP contribution in [0.2, 0.25) is 0 Å². The van der Waals surface area contributed by atoms with E-state index in [0.29, 0.717) is 17.1 Å². The molecule has 1 amide bonds. The number of hydrogen-bond donors (Lipinski definition) is 2. The van der Waals surface area contributed by atoms with Crippen molar-refractivity contribution in [2.24, 2.45) is 0 Å². The van der Waals surface area contributed by atoms with E-state index < -0.39 is 0 Å². The average molecular weight is 357 g/mol. The SMILES string of the molecule is N#Cc1ccc(NC(=O)c2cnc(NCCCc3ccccc3)cn2)cc1. The number of nitrogens with one attached hydrogen (secondary N) is 2. The van der Waals surface area contributed by atoms with Crippen LogP contribution >= 0.6 is 0 Å². The van der Waals surface area contributed by atoms with E-state index in [9.17, 15) is 4.79 Å². The van der Waals surface area contributed by atoms with E-state index in [1.807, 2.05) is 24.3 Å². The minimum Gasteiger partial charge on any atom is -0.369 e. The Kier molecular flexibility index (Phi) is 6.10. The minimum atomic E-state index is -0.345. The first-order chi connectivity index (χ1) is 13.2. The Balaban J connectivity index is 1.47. The van der Waals surface area contributed by atoms with E-state index in [4.69, 9.17) is 5.26 Å². The van der Waals surface area contributed by atoms with Gasteiger partial charge in [0.15, 0.2) is 0 Å². The maximum Gasteiger partial charge on any atom is 0.275 e. The van der Waals surface area contributed by atoms with Crippen LogP contribution in [0.15, 0.2) is 67.0 Å². The average Bonchev–Trinajstić information content (AvgIpc) is 2.73. The summed E-state index contributed by atoms with van der Waals surface area (Å²) >= 11 is 0. The summed E-state index contributed by atoms with van der Waals surface area (Å²) in [6, 6.07) is 19.0. The molecule has 3 rings (SSSR count). The molecular formula is C21H19N5O. The minimum absolute atomic E-state index is 0.231. The van der Waals surface area contributed by atoms with Crippen molar-refractivity contribution in [3.05, 3.63) is 83.8 Å². The summed E-state index contributed by atoms with van der Waals surface area (Å²) in [6.45, 7) is 0.778. The van der Waals surface area contributed by atoms with E-state index >= 15 is 0 Å². The Morgan fingerprint density at radius 1 is 1.00 bits per heavy atom. The zero-order valence-corrected chi connectivity index (χ0v) is 14.7. The van der Waals surface area contributed by atoms with Gasteiger partial charge in [0, 0.05) is 12.2 Å². The number of rotatable bonds is 7. The maximum absolute atomic E-state index is 12.2. The highest BCUT2D eigenvalue weighted by molar-refractivity contribution is 6.02. The van der Waals surface area contributed by atoms with Gasteiger partial charge in [0.25, 0.3) is 5.91 Å². The Labute approximate surface area is 157 Å². The quantitative estimate of drug-likeness (QED) is 0.630. The fraction of sp³-hybridized carbons (Fsp3) is 0.143. The highest BCUT2D eigenvalue weighted by atomic mass is 16.1. The van der Waals surface area contributed by atoms with Crippen molar-refractivity contribution in [1.82, 2.24) is 9.97 Å². The summed E-state index contributed by atoms with van der Waals surface area (Å²) in [5, 5.41) is 14.7. The van der Waals surface area contributed by atoms with Crippen molar-refractivity contribution in [3.63, 3.8) is 0 Å². The smallest absolute Gasteiger partial charge is 0.275 e. The van der Waals surface area contributed by atoms with E-state index in [1.54, 1.807) is 30.5 Å². The number of nitrogens with zero attached hydrogens (tertiary/aromatic N) is 3. The van der Waals surface area contributed by atoms with Crippen LogP contribution in [0.5, 0.6) is 0 Å². The summed E-state index contributed by atoms with van der Waals surface area (Å²) in [4.78, 5) is 20.6. The molecule has 0 aliphatic heterocycles. The van der Waals surface area contributed by atoms with Crippen molar-refractivity contribution in [1.29, 1.82) is 5.26 Å². The van der Waals surface area contributed by atoms with Crippen molar-refractivity contribution in [3.8, 4) is 6.07 Å². The number of carbonyl (C=O) groups excluding carboxylic acids is 1. The lowest BCUT2D eigenvalue weighted by Crippen LogP contribution is -2.14. The molecule has 1 heterocycles. The lowest BCUT2D eigenvalue weighted by atomic mass is 10.1. The van der Waals surface area contributed by atoms with Gasteiger partial charge in [0.1, 0.15) is 11.5 Å². The molecule has 0 saturated carbocycles. The molecular weight excluding hydrogens is 338 g/mol. The highest BCUT2D eigenvalue weighted by Crippen LogP contribution is 2.11. The Morgan fingerprint density at radius 3 is 2.44 bits per heavy atom. The van der Waals surface area contributed by atoms with Crippen LogP contribution in [0.4, 0.5) is 11.5 Å². The molecule has 0 aliphatic rings. The zero-order valence-electron chi connectivity index (χ0n) is 14.7. The van der Waals surface area contributed by atoms with E-state index in [-0.39, 0.29) is 11.6 Å². The number of nitriles is 1. The molecule has 0 unspecified atom stereocenters. The predicted molar refractivity (Wildman–Crippen MR) is 104 cm³/mol. The molecule has 3 aromatic rings. The van der Waals surface area contributed by atoms with Crippen LogP contribution in [0.25, 0.3) is 0 Å². The fourth-order valence-corrected chi connectivity index (χ4v) is 2.51. The van der Waals surface area contributed by atoms with Crippen LogP contribution in [0.1, 0.15) is 28.0 Å². The molecule has 0 atom stereocenters. The second-order valence-corrected chi connectivity index (χ2v) is 5.95. The largest absolute Gasteiger partial charge is 0.369 e. The van der Waals surface area contributed by atoms with Gasteiger partial charge in [-0.05, 0) is 42.7 Å². The molecule has 6 heteroatoms. The first-order valence-corrected chi connectivity index (χ1v) is 8.66. The summed E-state index contributed by atoms with van der Waals surface area (Å²) in [5.41, 5.74) is 2.67. The number of aromatic nitrogens is 2. The van der Waals surface area contributed by atoms with Crippen molar-refractivity contribution in [2.75, 3.05) is 17.2 Å². The lowest BCUT2D eigenvalue weighted by Gasteiger charge is -2.07. The van der Waals surface area contributed by atoms with E-state index in [2.05, 4.69) is 32.7 Å². The third-order valence-electron chi connectivity index (χ3n) is 3.95. The summed E-state index contributed by atoms with van der Waals surface area (Å²) < 4.78 is 0. The summed E-state index contributed by atoms with van der Waals surface area (Å²) in [7, 11) is 0. The second kappa shape index (κ2) is 9.11. The third kappa shape index (κ3) is 5.38. The van der Waals surface area contributed by atoms with Crippen LogP contribution in [0, 0.1) is 11.3 Å². The first kappa shape index (κ1) is 18.1. The van der Waals surface area contributed by atoms with Gasteiger partial charge in [-0.1, -0.05) is 30.3 Å². The number of benzene rings is 2. The normalized spacial score (nSPS) is 10.0. The Hall–Kier alpha value is -3.72. The van der Waals surface area contributed by atoms with E-state index in [1.165, 1.54) is 11.8 Å². The van der Waals surface area contributed by atoms with Gasteiger partial charge >= 0.3 is 0 Å². The van der Waals surface area contributed by atoms with Gasteiger partial charge in [-0.25, -0.2) is 9.97 Å². The van der Waals surface area contributed by atoms with E-state index in [0.717, 1.165) is 19.4 Å².